The highest BCUT2D eigenvalue weighted by molar-refractivity contribution is 6.38. The van der Waals surface area contributed by atoms with Crippen LogP contribution in [-0.4, -0.2) is 26.6 Å². The molecule has 2 amide bonds. The Morgan fingerprint density at radius 3 is 2.32 bits per heavy atom. The predicted octanol–water partition coefficient (Wildman–Crippen LogP) is 3.74. The molecule has 136 valence electrons. The van der Waals surface area contributed by atoms with Gasteiger partial charge in [0.25, 0.3) is 11.8 Å². The van der Waals surface area contributed by atoms with Crippen LogP contribution in [-0.2, 0) is 7.05 Å². The number of nitrogens with zero attached hydrogens (tertiary/aromatic N) is 4. The number of benzene rings is 2. The highest BCUT2D eigenvalue weighted by Gasteiger charge is 2.40. The molecule has 2 aromatic carbocycles. The predicted molar refractivity (Wildman–Crippen MR) is 106 cm³/mol. The second-order valence-corrected chi connectivity index (χ2v) is 6.86. The Labute approximate surface area is 161 Å². The van der Waals surface area contributed by atoms with Crippen LogP contribution < -0.4 is 4.90 Å². The number of fused-ring (bicyclic) bond motifs is 3. The maximum atomic E-state index is 13.3. The lowest BCUT2D eigenvalue weighted by molar-refractivity contribution is 0.0926. The van der Waals surface area contributed by atoms with Gasteiger partial charge in [0.1, 0.15) is 5.69 Å². The van der Waals surface area contributed by atoms with Gasteiger partial charge in [-0.05, 0) is 19.1 Å². The zero-order valence-corrected chi connectivity index (χ0v) is 15.4. The minimum Gasteiger partial charge on any atom is -0.268 e. The number of hydrogen-bond acceptors (Lipinski definition) is 4. The molecule has 2 aromatic heterocycles. The molecule has 0 bridgehead atoms. The Kier molecular flexibility index (Phi) is 3.42. The summed E-state index contributed by atoms with van der Waals surface area (Å²) in [5.41, 5.74) is 4.38. The molecule has 28 heavy (non-hydrogen) atoms. The van der Waals surface area contributed by atoms with E-state index < -0.39 is 0 Å². The third-order valence-electron chi connectivity index (χ3n) is 5.04. The maximum absolute atomic E-state index is 13.3. The Balaban J connectivity index is 1.77. The number of imide groups is 1. The summed E-state index contributed by atoms with van der Waals surface area (Å²) in [6.07, 6.45) is 1.47. The summed E-state index contributed by atoms with van der Waals surface area (Å²) in [6, 6.07) is 16.9. The van der Waals surface area contributed by atoms with Gasteiger partial charge in [-0.3, -0.25) is 9.59 Å². The molecule has 0 atom stereocenters. The molecule has 4 aromatic rings. The van der Waals surface area contributed by atoms with Gasteiger partial charge < -0.3 is 0 Å². The van der Waals surface area contributed by atoms with Crippen molar-refractivity contribution < 1.29 is 9.59 Å². The van der Waals surface area contributed by atoms with Crippen LogP contribution in [0.3, 0.4) is 0 Å². The van der Waals surface area contributed by atoms with E-state index in [4.69, 9.17) is 0 Å². The van der Waals surface area contributed by atoms with Gasteiger partial charge in [-0.15, -0.1) is 0 Å². The summed E-state index contributed by atoms with van der Waals surface area (Å²) in [4.78, 5) is 32.0. The lowest BCUT2D eigenvalue weighted by atomic mass is 10.0. The lowest BCUT2D eigenvalue weighted by Crippen LogP contribution is -2.29. The second-order valence-electron chi connectivity index (χ2n) is 6.86. The second kappa shape index (κ2) is 5.85. The number of carbonyl (C=O) groups excluding carboxylic acids is 2. The molecule has 6 heteroatoms. The minimum absolute atomic E-state index is 0.309. The lowest BCUT2D eigenvalue weighted by Gasteiger charge is -2.13. The van der Waals surface area contributed by atoms with E-state index in [0.29, 0.717) is 33.5 Å². The van der Waals surface area contributed by atoms with Crippen LogP contribution in [0.15, 0.2) is 60.8 Å². The smallest absolute Gasteiger partial charge is 0.267 e. The molecule has 0 aliphatic carbocycles. The van der Waals surface area contributed by atoms with Crippen LogP contribution in [0.25, 0.3) is 22.3 Å². The highest BCUT2D eigenvalue weighted by Crippen LogP contribution is 2.36. The summed E-state index contributed by atoms with van der Waals surface area (Å²) in [5.74, 6) is -0.706. The first-order valence-electron chi connectivity index (χ1n) is 8.93. The molecule has 6 nitrogen and oxygen atoms in total. The van der Waals surface area contributed by atoms with Gasteiger partial charge in [0.05, 0.1) is 22.2 Å². The SMILES string of the molecule is Cc1ccc(N2C(=O)c3cnc4c(c(-c5ccccc5)nn4C)c3C2=O)cc1. The molecule has 1 aliphatic rings. The molecule has 0 saturated heterocycles. The third kappa shape index (κ3) is 2.21. The van der Waals surface area contributed by atoms with Crippen LogP contribution >= 0.6 is 0 Å². The van der Waals surface area contributed by atoms with Crippen molar-refractivity contribution in [2.45, 2.75) is 6.92 Å². The van der Waals surface area contributed by atoms with Crippen molar-refractivity contribution in [3.05, 3.63) is 77.5 Å². The molecular formula is C22H16N4O2. The van der Waals surface area contributed by atoms with Gasteiger partial charge >= 0.3 is 0 Å². The Bertz CT molecular complexity index is 1260. The van der Waals surface area contributed by atoms with Gasteiger partial charge in [0, 0.05) is 18.8 Å². The zero-order chi connectivity index (χ0) is 19.4. The van der Waals surface area contributed by atoms with Gasteiger partial charge in [0.15, 0.2) is 5.65 Å². The van der Waals surface area contributed by atoms with Crippen molar-refractivity contribution in [3.8, 4) is 11.3 Å². The van der Waals surface area contributed by atoms with E-state index in [1.54, 1.807) is 23.9 Å². The molecule has 0 radical (unpaired) electrons. The number of carbonyl (C=O) groups is 2. The summed E-state index contributed by atoms with van der Waals surface area (Å²) >= 11 is 0. The van der Waals surface area contributed by atoms with Crippen molar-refractivity contribution in [2.24, 2.45) is 7.05 Å². The Morgan fingerprint density at radius 2 is 1.61 bits per heavy atom. The molecular weight excluding hydrogens is 352 g/mol. The van der Waals surface area contributed by atoms with Crippen molar-refractivity contribution in [3.63, 3.8) is 0 Å². The maximum Gasteiger partial charge on any atom is 0.267 e. The average Bonchev–Trinajstić information content (AvgIpc) is 3.18. The molecule has 1 aliphatic heterocycles. The van der Waals surface area contributed by atoms with E-state index in [2.05, 4.69) is 10.1 Å². The molecule has 5 rings (SSSR count). The van der Waals surface area contributed by atoms with Crippen molar-refractivity contribution in [1.29, 1.82) is 0 Å². The quantitative estimate of drug-likeness (QED) is 0.506. The van der Waals surface area contributed by atoms with E-state index in [1.165, 1.54) is 11.1 Å². The number of amides is 2. The zero-order valence-electron chi connectivity index (χ0n) is 15.4. The Morgan fingerprint density at radius 1 is 0.893 bits per heavy atom. The third-order valence-corrected chi connectivity index (χ3v) is 5.04. The van der Waals surface area contributed by atoms with Crippen LogP contribution in [0, 0.1) is 6.92 Å². The summed E-state index contributed by atoms with van der Waals surface area (Å²) in [6.45, 7) is 1.96. The van der Waals surface area contributed by atoms with Gasteiger partial charge in [-0.25, -0.2) is 14.6 Å². The fourth-order valence-electron chi connectivity index (χ4n) is 3.65. The number of anilines is 1. The first-order valence-corrected chi connectivity index (χ1v) is 8.93. The minimum atomic E-state index is -0.360. The van der Waals surface area contributed by atoms with Gasteiger partial charge in [-0.1, -0.05) is 48.0 Å². The van der Waals surface area contributed by atoms with Gasteiger partial charge in [0.2, 0.25) is 0 Å². The van der Waals surface area contributed by atoms with Crippen LogP contribution in [0.2, 0.25) is 0 Å². The van der Waals surface area contributed by atoms with E-state index in [0.717, 1.165) is 11.1 Å². The number of pyridine rings is 1. The van der Waals surface area contributed by atoms with Crippen molar-refractivity contribution in [1.82, 2.24) is 14.8 Å². The van der Waals surface area contributed by atoms with Crippen LogP contribution in [0.1, 0.15) is 26.3 Å². The standard InChI is InChI=1S/C22H16N4O2/c1-13-8-10-15(11-9-13)26-21(27)16-12-23-20-18(17(16)22(26)28)19(24-25(20)2)14-6-4-3-5-7-14/h3-12H,1-2H3. The molecule has 0 N–H and O–H groups in total. The topological polar surface area (TPSA) is 68.1 Å². The first-order chi connectivity index (χ1) is 13.6. The number of aromatic nitrogens is 3. The molecule has 0 fully saturated rings. The first kappa shape index (κ1) is 16.4. The monoisotopic (exact) mass is 368 g/mol. The van der Waals surface area contributed by atoms with E-state index in [9.17, 15) is 9.59 Å². The van der Waals surface area contributed by atoms with E-state index >= 15 is 0 Å². The summed E-state index contributed by atoms with van der Waals surface area (Å²) < 4.78 is 1.64. The van der Waals surface area contributed by atoms with E-state index in [-0.39, 0.29) is 11.8 Å². The average molecular weight is 368 g/mol. The Hall–Kier alpha value is -3.80. The highest BCUT2D eigenvalue weighted by atomic mass is 16.2. The van der Waals surface area contributed by atoms with Crippen LogP contribution in [0.5, 0.6) is 0 Å². The fourth-order valence-corrected chi connectivity index (χ4v) is 3.65. The largest absolute Gasteiger partial charge is 0.268 e. The van der Waals surface area contributed by atoms with E-state index in [1.807, 2.05) is 49.4 Å². The molecule has 0 unspecified atom stereocenters. The number of aryl methyl sites for hydroxylation is 2. The number of rotatable bonds is 2. The normalized spacial score (nSPS) is 13.4. The molecule has 3 heterocycles. The fraction of sp³-hybridized carbons (Fsp3) is 0.0909. The number of hydrogen-bond donors (Lipinski definition) is 0. The summed E-state index contributed by atoms with van der Waals surface area (Å²) in [5, 5.41) is 5.19. The van der Waals surface area contributed by atoms with Crippen LogP contribution in [0.4, 0.5) is 5.69 Å². The summed E-state index contributed by atoms with van der Waals surface area (Å²) in [7, 11) is 1.78. The van der Waals surface area contributed by atoms with Crippen molar-refractivity contribution in [2.75, 3.05) is 4.90 Å². The van der Waals surface area contributed by atoms with Gasteiger partial charge in [-0.2, -0.15) is 5.10 Å². The molecule has 0 spiro atoms. The molecule has 0 saturated carbocycles. The van der Waals surface area contributed by atoms with Crippen molar-refractivity contribution >= 4 is 28.5 Å².